The molecule has 1 aromatic carbocycles. The van der Waals surface area contributed by atoms with Gasteiger partial charge in [-0.25, -0.2) is 4.68 Å². The van der Waals surface area contributed by atoms with Crippen molar-refractivity contribution in [3.8, 4) is 16.3 Å². The van der Waals surface area contributed by atoms with Gasteiger partial charge in [-0.3, -0.25) is 4.79 Å². The van der Waals surface area contributed by atoms with Gasteiger partial charge in [0.2, 0.25) is 5.91 Å². The van der Waals surface area contributed by atoms with Crippen LogP contribution < -0.4 is 5.73 Å². The molecule has 0 aliphatic heterocycles. The Balaban J connectivity index is 1.93. The summed E-state index contributed by atoms with van der Waals surface area (Å²) in [4.78, 5) is 15.4. The van der Waals surface area contributed by atoms with Crippen LogP contribution >= 0.6 is 11.3 Å². The van der Waals surface area contributed by atoms with Gasteiger partial charge in [-0.1, -0.05) is 31.2 Å². The zero-order chi connectivity index (χ0) is 18.7. The second-order valence-corrected chi connectivity index (χ2v) is 7.55. The van der Waals surface area contributed by atoms with E-state index in [-0.39, 0.29) is 17.9 Å². The molecule has 0 saturated carbocycles. The van der Waals surface area contributed by atoms with E-state index in [1.54, 1.807) is 16.2 Å². The van der Waals surface area contributed by atoms with Crippen LogP contribution in [0.1, 0.15) is 19.4 Å². The van der Waals surface area contributed by atoms with Crippen molar-refractivity contribution in [3.63, 3.8) is 0 Å². The molecule has 0 fully saturated rings. The lowest BCUT2D eigenvalue weighted by atomic mass is 10.0. The van der Waals surface area contributed by atoms with Crippen LogP contribution in [-0.2, 0) is 11.3 Å². The number of nitrogens with zero attached hydrogens (tertiary/aromatic N) is 3. The maximum absolute atomic E-state index is 12.6. The van der Waals surface area contributed by atoms with E-state index >= 15 is 0 Å². The molecule has 3 rings (SSSR count). The summed E-state index contributed by atoms with van der Waals surface area (Å²) in [6, 6.07) is 13.9. The maximum Gasteiger partial charge on any atom is 0.226 e. The Hall–Kier alpha value is -2.44. The maximum atomic E-state index is 12.6. The molecule has 0 bridgehead atoms. The van der Waals surface area contributed by atoms with Gasteiger partial charge >= 0.3 is 0 Å². The SMILES string of the molecule is CC(N)C(C)C(=O)N(C)Cc1cn(-c2ccccc2)nc1-c1cccs1. The predicted octanol–water partition coefficient (Wildman–Crippen LogP) is 3.54. The van der Waals surface area contributed by atoms with Gasteiger partial charge in [0, 0.05) is 31.4 Å². The van der Waals surface area contributed by atoms with Crippen LogP contribution in [0.4, 0.5) is 0 Å². The van der Waals surface area contributed by atoms with Crippen LogP contribution in [0, 0.1) is 5.92 Å². The number of nitrogens with two attached hydrogens (primary N) is 1. The molecule has 2 aromatic heterocycles. The Morgan fingerprint density at radius 1 is 1.23 bits per heavy atom. The highest BCUT2D eigenvalue weighted by Gasteiger charge is 2.23. The molecule has 2 unspecified atom stereocenters. The van der Waals surface area contributed by atoms with E-state index in [9.17, 15) is 4.79 Å². The minimum atomic E-state index is -0.214. The average Bonchev–Trinajstić information content (AvgIpc) is 3.30. The fourth-order valence-electron chi connectivity index (χ4n) is 2.77. The minimum Gasteiger partial charge on any atom is -0.341 e. The van der Waals surface area contributed by atoms with Gasteiger partial charge in [0.15, 0.2) is 0 Å². The summed E-state index contributed by atoms with van der Waals surface area (Å²) in [7, 11) is 1.82. The van der Waals surface area contributed by atoms with Gasteiger partial charge in [-0.05, 0) is 30.5 Å². The Labute approximate surface area is 158 Å². The van der Waals surface area contributed by atoms with Crippen molar-refractivity contribution in [3.05, 3.63) is 59.6 Å². The van der Waals surface area contributed by atoms with Crippen LogP contribution in [0.2, 0.25) is 0 Å². The number of rotatable bonds is 6. The molecule has 5 nitrogen and oxygen atoms in total. The van der Waals surface area contributed by atoms with E-state index < -0.39 is 0 Å². The second kappa shape index (κ2) is 7.85. The van der Waals surface area contributed by atoms with Crippen molar-refractivity contribution in [2.45, 2.75) is 26.4 Å². The minimum absolute atomic E-state index is 0.0459. The fourth-order valence-corrected chi connectivity index (χ4v) is 3.51. The summed E-state index contributed by atoms with van der Waals surface area (Å²) in [6.07, 6.45) is 2.00. The highest BCUT2D eigenvalue weighted by atomic mass is 32.1. The molecule has 0 saturated heterocycles. The molecule has 0 radical (unpaired) electrons. The normalized spacial score (nSPS) is 13.4. The average molecular weight is 369 g/mol. The van der Waals surface area contributed by atoms with Crippen LogP contribution in [-0.4, -0.2) is 33.7 Å². The lowest BCUT2D eigenvalue weighted by molar-refractivity contribution is -0.134. The first-order valence-electron chi connectivity index (χ1n) is 8.65. The van der Waals surface area contributed by atoms with Crippen LogP contribution in [0.5, 0.6) is 0 Å². The summed E-state index contributed by atoms with van der Waals surface area (Å²) in [5.41, 5.74) is 8.82. The molecule has 6 heteroatoms. The zero-order valence-electron chi connectivity index (χ0n) is 15.3. The first kappa shape index (κ1) is 18.4. The number of hydrogen-bond acceptors (Lipinski definition) is 4. The predicted molar refractivity (Wildman–Crippen MR) is 106 cm³/mol. The molecule has 2 heterocycles. The van der Waals surface area contributed by atoms with E-state index in [0.717, 1.165) is 21.8 Å². The number of aromatic nitrogens is 2. The van der Waals surface area contributed by atoms with Gasteiger partial charge in [0.05, 0.1) is 16.5 Å². The third-order valence-electron chi connectivity index (χ3n) is 4.53. The van der Waals surface area contributed by atoms with E-state index in [1.807, 2.05) is 73.6 Å². The molecular weight excluding hydrogens is 344 g/mol. The smallest absolute Gasteiger partial charge is 0.226 e. The van der Waals surface area contributed by atoms with E-state index in [0.29, 0.717) is 6.54 Å². The summed E-state index contributed by atoms with van der Waals surface area (Å²) in [6.45, 7) is 4.23. The highest BCUT2D eigenvalue weighted by Crippen LogP contribution is 2.28. The number of thiophene rings is 1. The van der Waals surface area contributed by atoms with Gasteiger partial charge < -0.3 is 10.6 Å². The Morgan fingerprint density at radius 2 is 1.96 bits per heavy atom. The summed E-state index contributed by atoms with van der Waals surface area (Å²) in [5, 5.41) is 6.82. The number of amides is 1. The molecule has 0 aliphatic carbocycles. The quantitative estimate of drug-likeness (QED) is 0.724. The number of carbonyl (C=O) groups excluding carboxylic acids is 1. The van der Waals surface area contributed by atoms with E-state index in [1.165, 1.54) is 0 Å². The second-order valence-electron chi connectivity index (χ2n) is 6.60. The number of para-hydroxylation sites is 1. The van der Waals surface area contributed by atoms with Crippen molar-refractivity contribution in [1.82, 2.24) is 14.7 Å². The van der Waals surface area contributed by atoms with Crippen molar-refractivity contribution < 1.29 is 4.79 Å². The Kier molecular flexibility index (Phi) is 5.54. The molecule has 2 atom stereocenters. The molecule has 0 aliphatic rings. The van der Waals surface area contributed by atoms with Crippen molar-refractivity contribution in [2.75, 3.05) is 7.05 Å². The van der Waals surface area contributed by atoms with Crippen LogP contribution in [0.3, 0.4) is 0 Å². The van der Waals surface area contributed by atoms with Crippen LogP contribution in [0.15, 0.2) is 54.0 Å². The molecular formula is C20H24N4OS. The third kappa shape index (κ3) is 3.86. The Bertz CT molecular complexity index is 855. The lowest BCUT2D eigenvalue weighted by Crippen LogP contribution is -2.39. The van der Waals surface area contributed by atoms with E-state index in [4.69, 9.17) is 10.8 Å². The number of benzene rings is 1. The van der Waals surface area contributed by atoms with Gasteiger partial charge in [-0.15, -0.1) is 11.3 Å². The first-order chi connectivity index (χ1) is 12.5. The molecule has 1 amide bonds. The Morgan fingerprint density at radius 3 is 2.58 bits per heavy atom. The van der Waals surface area contributed by atoms with Gasteiger partial charge in [0.25, 0.3) is 0 Å². The highest BCUT2D eigenvalue weighted by molar-refractivity contribution is 7.13. The molecule has 136 valence electrons. The monoisotopic (exact) mass is 368 g/mol. The summed E-state index contributed by atoms with van der Waals surface area (Å²) >= 11 is 1.65. The van der Waals surface area contributed by atoms with Crippen molar-refractivity contribution >= 4 is 17.2 Å². The lowest BCUT2D eigenvalue weighted by Gasteiger charge is -2.23. The van der Waals surface area contributed by atoms with Gasteiger partial charge in [0.1, 0.15) is 5.69 Å². The van der Waals surface area contributed by atoms with Gasteiger partial charge in [-0.2, -0.15) is 5.10 Å². The zero-order valence-corrected chi connectivity index (χ0v) is 16.1. The molecule has 0 spiro atoms. The van der Waals surface area contributed by atoms with E-state index in [2.05, 4.69) is 6.07 Å². The topological polar surface area (TPSA) is 64.2 Å². The first-order valence-corrected chi connectivity index (χ1v) is 9.53. The standard InChI is InChI=1S/C20H24N4OS/c1-14(15(2)21)20(25)23(3)12-16-13-24(17-8-5-4-6-9-17)22-19(16)18-10-7-11-26-18/h4-11,13-15H,12,21H2,1-3H3. The summed E-state index contributed by atoms with van der Waals surface area (Å²) < 4.78 is 1.87. The number of hydrogen-bond donors (Lipinski definition) is 1. The van der Waals surface area contributed by atoms with Crippen molar-refractivity contribution in [2.24, 2.45) is 11.7 Å². The molecule has 2 N–H and O–H groups in total. The fraction of sp³-hybridized carbons (Fsp3) is 0.300. The number of carbonyl (C=O) groups is 1. The van der Waals surface area contributed by atoms with Crippen LogP contribution in [0.25, 0.3) is 16.3 Å². The van der Waals surface area contributed by atoms with Crippen molar-refractivity contribution in [1.29, 1.82) is 0 Å². The molecule has 26 heavy (non-hydrogen) atoms. The summed E-state index contributed by atoms with van der Waals surface area (Å²) in [5.74, 6) is -0.168. The largest absolute Gasteiger partial charge is 0.341 e. The third-order valence-corrected chi connectivity index (χ3v) is 5.40. The molecule has 3 aromatic rings.